The van der Waals surface area contributed by atoms with Crippen LogP contribution in [0.5, 0.6) is 0 Å². The van der Waals surface area contributed by atoms with E-state index in [2.05, 4.69) is 10.2 Å². The fraction of sp³-hybridized carbons (Fsp3) is 0.562. The van der Waals surface area contributed by atoms with Gasteiger partial charge in [-0.1, -0.05) is 11.6 Å². The largest absolute Gasteiger partial charge is 0.317 e. The molecule has 0 radical (unpaired) electrons. The number of halogens is 1. The fourth-order valence-electron chi connectivity index (χ4n) is 3.45. The summed E-state index contributed by atoms with van der Waals surface area (Å²) in [5.41, 5.74) is 0.792. The van der Waals surface area contributed by atoms with Gasteiger partial charge in [-0.3, -0.25) is 9.69 Å². The molecule has 20 heavy (non-hydrogen) atoms. The third kappa shape index (κ3) is 2.90. The van der Waals surface area contributed by atoms with Crippen molar-refractivity contribution < 1.29 is 4.79 Å². The highest BCUT2D eigenvalue weighted by atomic mass is 35.5. The average Bonchev–Trinajstić information content (AvgIpc) is 2.97. The number of carbonyl (C=O) groups excluding carboxylic acids is 1. The minimum atomic E-state index is 0.0688. The molecule has 0 amide bonds. The monoisotopic (exact) mass is 292 g/mol. The van der Waals surface area contributed by atoms with Crippen molar-refractivity contribution in [2.24, 2.45) is 0 Å². The van der Waals surface area contributed by atoms with Crippen LogP contribution < -0.4 is 5.32 Å². The SMILES string of the molecule is O=C(c1ccc(Cl)cc1)C1CCCN1C1CCNCC1. The summed E-state index contributed by atoms with van der Waals surface area (Å²) >= 11 is 5.90. The molecule has 108 valence electrons. The van der Waals surface area contributed by atoms with Gasteiger partial charge in [0.15, 0.2) is 5.78 Å². The first-order chi connectivity index (χ1) is 9.75. The Morgan fingerprint density at radius 3 is 2.55 bits per heavy atom. The van der Waals surface area contributed by atoms with Crippen molar-refractivity contribution in [3.63, 3.8) is 0 Å². The molecule has 1 aromatic rings. The number of likely N-dealkylation sites (tertiary alicyclic amines) is 1. The van der Waals surface area contributed by atoms with E-state index in [9.17, 15) is 4.79 Å². The van der Waals surface area contributed by atoms with Gasteiger partial charge < -0.3 is 5.32 Å². The van der Waals surface area contributed by atoms with Gasteiger partial charge in [0.25, 0.3) is 0 Å². The highest BCUT2D eigenvalue weighted by Gasteiger charge is 2.35. The van der Waals surface area contributed by atoms with Crippen molar-refractivity contribution in [2.45, 2.75) is 37.8 Å². The molecule has 1 unspecified atom stereocenters. The van der Waals surface area contributed by atoms with E-state index in [-0.39, 0.29) is 11.8 Å². The number of piperidine rings is 1. The Balaban J connectivity index is 1.74. The summed E-state index contributed by atoms with van der Waals surface area (Å²) in [7, 11) is 0. The summed E-state index contributed by atoms with van der Waals surface area (Å²) in [5, 5.41) is 4.08. The van der Waals surface area contributed by atoms with Crippen LogP contribution in [0.2, 0.25) is 5.02 Å². The molecule has 1 atom stereocenters. The molecule has 2 saturated heterocycles. The molecule has 0 bridgehead atoms. The molecule has 1 aromatic carbocycles. The first-order valence-corrected chi connectivity index (χ1v) is 7.90. The van der Waals surface area contributed by atoms with Crippen LogP contribution in [0, 0.1) is 0 Å². The summed E-state index contributed by atoms with van der Waals surface area (Å²) in [5.74, 6) is 0.262. The molecule has 3 nitrogen and oxygen atoms in total. The van der Waals surface area contributed by atoms with Gasteiger partial charge >= 0.3 is 0 Å². The highest BCUT2D eigenvalue weighted by molar-refractivity contribution is 6.30. The van der Waals surface area contributed by atoms with E-state index in [0.29, 0.717) is 11.1 Å². The van der Waals surface area contributed by atoms with E-state index in [1.54, 1.807) is 12.1 Å². The van der Waals surface area contributed by atoms with E-state index in [1.165, 1.54) is 0 Å². The number of carbonyl (C=O) groups is 1. The number of hydrogen-bond donors (Lipinski definition) is 1. The lowest BCUT2D eigenvalue weighted by Crippen LogP contribution is -2.47. The zero-order valence-corrected chi connectivity index (χ0v) is 12.4. The average molecular weight is 293 g/mol. The molecule has 0 aliphatic carbocycles. The smallest absolute Gasteiger partial charge is 0.179 e. The Kier molecular flexibility index (Phi) is 4.39. The number of ketones is 1. The second-order valence-electron chi connectivity index (χ2n) is 5.75. The van der Waals surface area contributed by atoms with Crippen molar-refractivity contribution in [1.82, 2.24) is 10.2 Å². The van der Waals surface area contributed by atoms with Gasteiger partial charge in [0, 0.05) is 16.6 Å². The van der Waals surface area contributed by atoms with Gasteiger partial charge in [-0.2, -0.15) is 0 Å². The van der Waals surface area contributed by atoms with E-state index in [4.69, 9.17) is 11.6 Å². The minimum Gasteiger partial charge on any atom is -0.317 e. The molecule has 3 rings (SSSR count). The van der Waals surface area contributed by atoms with Gasteiger partial charge in [0.05, 0.1) is 6.04 Å². The molecular weight excluding hydrogens is 272 g/mol. The topological polar surface area (TPSA) is 32.3 Å². The predicted molar refractivity (Wildman–Crippen MR) is 81.4 cm³/mol. The molecule has 2 aliphatic heterocycles. The maximum absolute atomic E-state index is 12.7. The molecule has 2 fully saturated rings. The molecule has 1 N–H and O–H groups in total. The van der Waals surface area contributed by atoms with Gasteiger partial charge in [-0.25, -0.2) is 0 Å². The van der Waals surface area contributed by atoms with Crippen molar-refractivity contribution >= 4 is 17.4 Å². The molecule has 2 aliphatic rings. The number of benzene rings is 1. The van der Waals surface area contributed by atoms with Crippen LogP contribution in [-0.4, -0.2) is 42.4 Å². The van der Waals surface area contributed by atoms with E-state index < -0.39 is 0 Å². The summed E-state index contributed by atoms with van der Waals surface area (Å²) < 4.78 is 0. The lowest BCUT2D eigenvalue weighted by atomic mass is 9.98. The standard InChI is InChI=1S/C16H21ClN2O/c17-13-5-3-12(4-6-13)16(20)15-2-1-11-19(15)14-7-9-18-10-8-14/h3-6,14-15,18H,1-2,7-11H2. The maximum atomic E-state index is 12.7. The Labute approximate surface area is 125 Å². The number of nitrogens with zero attached hydrogens (tertiary/aromatic N) is 1. The zero-order valence-electron chi connectivity index (χ0n) is 11.6. The first-order valence-electron chi connectivity index (χ1n) is 7.52. The second-order valence-corrected chi connectivity index (χ2v) is 6.18. The summed E-state index contributed by atoms with van der Waals surface area (Å²) in [6.45, 7) is 3.21. The Morgan fingerprint density at radius 2 is 1.85 bits per heavy atom. The third-order valence-corrected chi connectivity index (χ3v) is 4.76. The summed E-state index contributed by atoms with van der Waals surface area (Å²) in [4.78, 5) is 15.2. The van der Waals surface area contributed by atoms with Crippen molar-refractivity contribution in [2.75, 3.05) is 19.6 Å². The summed E-state index contributed by atoms with van der Waals surface area (Å²) in [6.07, 6.45) is 4.44. The van der Waals surface area contributed by atoms with Crippen LogP contribution in [-0.2, 0) is 0 Å². The van der Waals surface area contributed by atoms with Crippen LogP contribution in [0.15, 0.2) is 24.3 Å². The Bertz CT molecular complexity index is 468. The fourth-order valence-corrected chi connectivity index (χ4v) is 3.58. The van der Waals surface area contributed by atoms with Gasteiger partial charge in [-0.05, 0) is 69.6 Å². The predicted octanol–water partition coefficient (Wildman–Crippen LogP) is 2.74. The van der Waals surface area contributed by atoms with Crippen LogP contribution in [0.4, 0.5) is 0 Å². The van der Waals surface area contributed by atoms with Crippen molar-refractivity contribution in [1.29, 1.82) is 0 Å². The number of hydrogen-bond acceptors (Lipinski definition) is 3. The number of Topliss-reactive ketones (excluding diaryl/α,β-unsaturated/α-hetero) is 1. The van der Waals surface area contributed by atoms with Crippen LogP contribution in [0.3, 0.4) is 0 Å². The molecule has 4 heteroatoms. The molecule has 0 saturated carbocycles. The maximum Gasteiger partial charge on any atom is 0.179 e. The number of nitrogens with one attached hydrogen (secondary N) is 1. The van der Waals surface area contributed by atoms with Crippen LogP contribution in [0.25, 0.3) is 0 Å². The van der Waals surface area contributed by atoms with Gasteiger partial charge in [0.2, 0.25) is 0 Å². The van der Waals surface area contributed by atoms with E-state index in [0.717, 1.165) is 50.9 Å². The van der Waals surface area contributed by atoms with Gasteiger partial charge in [-0.15, -0.1) is 0 Å². The molecule has 0 aromatic heterocycles. The second kappa shape index (κ2) is 6.25. The first kappa shape index (κ1) is 14.1. The lowest BCUT2D eigenvalue weighted by molar-refractivity contribution is 0.0784. The molecule has 0 spiro atoms. The van der Waals surface area contributed by atoms with Crippen LogP contribution >= 0.6 is 11.6 Å². The zero-order chi connectivity index (χ0) is 13.9. The highest BCUT2D eigenvalue weighted by Crippen LogP contribution is 2.27. The molecular formula is C16H21ClN2O. The third-order valence-electron chi connectivity index (χ3n) is 4.50. The quantitative estimate of drug-likeness (QED) is 0.870. The number of rotatable bonds is 3. The normalized spacial score (nSPS) is 24.9. The minimum absolute atomic E-state index is 0.0688. The van der Waals surface area contributed by atoms with Crippen LogP contribution in [0.1, 0.15) is 36.0 Å². The van der Waals surface area contributed by atoms with Gasteiger partial charge in [0.1, 0.15) is 0 Å². The van der Waals surface area contributed by atoms with E-state index in [1.807, 2.05) is 12.1 Å². The molecule has 2 heterocycles. The lowest BCUT2D eigenvalue weighted by Gasteiger charge is -2.35. The summed E-state index contributed by atoms with van der Waals surface area (Å²) in [6, 6.07) is 7.95. The Hall–Kier alpha value is -0.900. The van der Waals surface area contributed by atoms with Crippen molar-refractivity contribution in [3.05, 3.63) is 34.9 Å². The van der Waals surface area contributed by atoms with E-state index >= 15 is 0 Å². The Morgan fingerprint density at radius 1 is 1.15 bits per heavy atom. The van der Waals surface area contributed by atoms with Crippen molar-refractivity contribution in [3.8, 4) is 0 Å².